The third kappa shape index (κ3) is 2.79. The van der Waals surface area contributed by atoms with E-state index in [0.717, 1.165) is 0 Å². The summed E-state index contributed by atoms with van der Waals surface area (Å²) >= 11 is 0. The van der Waals surface area contributed by atoms with Crippen molar-refractivity contribution in [2.45, 2.75) is 51.4 Å². The molecular weight excluding hydrogens is 246 g/mol. The lowest BCUT2D eigenvalue weighted by Gasteiger charge is -2.28. The van der Waals surface area contributed by atoms with Crippen LogP contribution in [0.3, 0.4) is 0 Å². The van der Waals surface area contributed by atoms with Crippen molar-refractivity contribution in [3.8, 4) is 0 Å². The lowest BCUT2D eigenvalue weighted by Crippen LogP contribution is -2.31. The van der Waals surface area contributed by atoms with Crippen LogP contribution in [-0.2, 0) is 13.5 Å². The highest BCUT2D eigenvalue weighted by Crippen LogP contribution is 2.28. The molecule has 0 spiro atoms. The first-order valence-corrected chi connectivity index (χ1v) is 10.5. The van der Waals surface area contributed by atoms with Crippen LogP contribution in [0.5, 0.6) is 0 Å². The Labute approximate surface area is 118 Å². The van der Waals surface area contributed by atoms with E-state index in [-0.39, 0.29) is 0 Å². The Morgan fingerprint density at radius 2 is 1.63 bits per heavy atom. The van der Waals surface area contributed by atoms with Crippen molar-refractivity contribution >= 4 is 19.0 Å². The van der Waals surface area contributed by atoms with Gasteiger partial charge >= 0.3 is 0 Å². The fourth-order valence-corrected chi connectivity index (χ4v) is 6.61. The molecule has 19 heavy (non-hydrogen) atoms. The lowest BCUT2D eigenvalue weighted by atomic mass is 10.2. The topological polar surface area (TPSA) is 4.93 Å². The van der Waals surface area contributed by atoms with E-state index < -0.39 is 8.07 Å². The molecule has 0 saturated heterocycles. The van der Waals surface area contributed by atoms with Crippen molar-refractivity contribution in [3.63, 3.8) is 0 Å². The minimum Gasteiger partial charge on any atom is -0.348 e. The number of aryl methyl sites for hydroxylation is 2. The number of rotatable bonds is 6. The molecular formula is C17H27NSi. The molecule has 0 aliphatic rings. The largest absolute Gasteiger partial charge is 0.348 e. The lowest BCUT2D eigenvalue weighted by molar-refractivity contribution is 0.852. The van der Waals surface area contributed by atoms with E-state index >= 15 is 0 Å². The first-order valence-electron chi connectivity index (χ1n) is 7.69. The molecule has 0 atom stereocenters. The van der Waals surface area contributed by atoms with Gasteiger partial charge in [0.1, 0.15) is 0 Å². The van der Waals surface area contributed by atoms with E-state index in [0.29, 0.717) is 0 Å². The normalized spacial score (nSPS) is 12.2. The quantitative estimate of drug-likeness (QED) is 0.635. The summed E-state index contributed by atoms with van der Waals surface area (Å²) in [6.45, 7) is 7.21. The second-order valence-corrected chi connectivity index (χ2v) is 11.4. The van der Waals surface area contributed by atoms with Gasteiger partial charge in [-0.2, -0.15) is 0 Å². The minimum atomic E-state index is -0.985. The Morgan fingerprint density at radius 3 is 2.21 bits per heavy atom. The molecule has 0 saturated carbocycles. The highest BCUT2D eigenvalue weighted by Gasteiger charge is 2.26. The van der Waals surface area contributed by atoms with E-state index in [4.69, 9.17) is 0 Å². The Bertz CT molecular complexity index is 529. The molecule has 0 aliphatic heterocycles. The second kappa shape index (κ2) is 5.95. The smallest absolute Gasteiger partial charge is 0.0531 e. The predicted octanol–water partition coefficient (Wildman–Crippen LogP) is 5.23. The summed E-state index contributed by atoms with van der Waals surface area (Å²) in [6.07, 6.45) is 1.26. The Hall–Kier alpha value is -1.02. The molecule has 1 nitrogen and oxygen atoms in total. The van der Waals surface area contributed by atoms with Gasteiger partial charge in [-0.25, -0.2) is 0 Å². The molecule has 2 rings (SSSR count). The molecule has 0 N–H and O–H groups in total. The van der Waals surface area contributed by atoms with Gasteiger partial charge in [0.25, 0.3) is 0 Å². The Kier molecular flexibility index (Phi) is 4.51. The summed E-state index contributed by atoms with van der Waals surface area (Å²) in [4.78, 5) is 0. The van der Waals surface area contributed by atoms with Crippen molar-refractivity contribution in [2.75, 3.05) is 0 Å². The highest BCUT2D eigenvalue weighted by atomic mass is 28.3. The van der Waals surface area contributed by atoms with Crippen molar-refractivity contribution in [2.24, 2.45) is 7.05 Å². The maximum atomic E-state index is 2.40. The van der Waals surface area contributed by atoms with Gasteiger partial charge in [-0.15, -0.1) is 0 Å². The van der Waals surface area contributed by atoms with Crippen LogP contribution in [0.25, 0.3) is 10.9 Å². The molecule has 1 heterocycles. The van der Waals surface area contributed by atoms with Crippen LogP contribution >= 0.6 is 0 Å². The average molecular weight is 273 g/mol. The SMILES string of the molecule is CC[Si](CC)(CC)CCc1cc2ccccc2n1C. The summed E-state index contributed by atoms with van der Waals surface area (Å²) in [5.74, 6) is 0. The molecule has 2 heteroatoms. The Balaban J connectivity index is 2.20. The number of benzene rings is 1. The van der Waals surface area contributed by atoms with Gasteiger partial charge in [-0.05, 0) is 23.9 Å². The van der Waals surface area contributed by atoms with Crippen molar-refractivity contribution in [1.29, 1.82) is 0 Å². The zero-order valence-electron chi connectivity index (χ0n) is 12.9. The molecule has 0 bridgehead atoms. The van der Waals surface area contributed by atoms with E-state index in [1.54, 1.807) is 0 Å². The van der Waals surface area contributed by atoms with Gasteiger partial charge in [0, 0.05) is 18.3 Å². The van der Waals surface area contributed by atoms with Crippen LogP contribution in [0.1, 0.15) is 26.5 Å². The molecule has 1 aromatic carbocycles. The molecule has 0 fully saturated rings. The first-order chi connectivity index (χ1) is 9.15. The maximum absolute atomic E-state index is 2.40. The number of para-hydroxylation sites is 1. The van der Waals surface area contributed by atoms with Gasteiger partial charge in [0.15, 0.2) is 0 Å². The number of hydrogen-bond donors (Lipinski definition) is 0. The van der Waals surface area contributed by atoms with Crippen LogP contribution < -0.4 is 0 Å². The van der Waals surface area contributed by atoms with Crippen LogP contribution in [-0.4, -0.2) is 12.6 Å². The maximum Gasteiger partial charge on any atom is 0.0531 e. The number of aromatic nitrogens is 1. The number of fused-ring (bicyclic) bond motifs is 1. The fraction of sp³-hybridized carbons (Fsp3) is 0.529. The average Bonchev–Trinajstić information content (AvgIpc) is 2.78. The molecule has 0 aliphatic carbocycles. The Morgan fingerprint density at radius 1 is 1.00 bits per heavy atom. The van der Waals surface area contributed by atoms with E-state index in [1.807, 2.05) is 0 Å². The fourth-order valence-electron chi connectivity index (χ4n) is 3.26. The molecule has 104 valence electrons. The van der Waals surface area contributed by atoms with Gasteiger partial charge in [-0.1, -0.05) is 63.1 Å². The van der Waals surface area contributed by atoms with Gasteiger partial charge < -0.3 is 4.57 Å². The number of hydrogen-bond acceptors (Lipinski definition) is 0. The summed E-state index contributed by atoms with van der Waals surface area (Å²) in [5.41, 5.74) is 2.88. The van der Waals surface area contributed by atoms with Crippen LogP contribution in [0.4, 0.5) is 0 Å². The van der Waals surface area contributed by atoms with Crippen LogP contribution in [0.15, 0.2) is 30.3 Å². The predicted molar refractivity (Wildman–Crippen MR) is 88.6 cm³/mol. The summed E-state index contributed by atoms with van der Waals surface area (Å²) in [6, 6.07) is 16.9. The van der Waals surface area contributed by atoms with Crippen LogP contribution in [0.2, 0.25) is 24.2 Å². The minimum absolute atomic E-state index is 0.985. The zero-order chi connectivity index (χ0) is 13.9. The van der Waals surface area contributed by atoms with E-state index in [1.165, 1.54) is 47.2 Å². The van der Waals surface area contributed by atoms with Gasteiger partial charge in [0.05, 0.1) is 8.07 Å². The summed E-state index contributed by atoms with van der Waals surface area (Å²) in [5, 5.41) is 1.39. The molecule has 0 radical (unpaired) electrons. The van der Waals surface area contributed by atoms with Crippen molar-refractivity contribution < 1.29 is 0 Å². The molecule has 2 aromatic rings. The third-order valence-electron chi connectivity index (χ3n) is 5.21. The van der Waals surface area contributed by atoms with E-state index in [2.05, 4.69) is 62.7 Å². The molecule has 0 unspecified atom stereocenters. The standard InChI is InChI=1S/C17H27NSi/c1-5-19(6-2,7-3)13-12-16-14-15-10-8-9-11-17(15)18(16)4/h8-11,14H,5-7,12-13H2,1-4H3. The van der Waals surface area contributed by atoms with Crippen LogP contribution in [0, 0.1) is 0 Å². The summed E-state index contributed by atoms with van der Waals surface area (Å²) in [7, 11) is 1.23. The molecule has 1 aromatic heterocycles. The van der Waals surface area contributed by atoms with E-state index in [9.17, 15) is 0 Å². The third-order valence-corrected chi connectivity index (χ3v) is 11.0. The van der Waals surface area contributed by atoms with Gasteiger partial charge in [-0.3, -0.25) is 0 Å². The summed E-state index contributed by atoms with van der Waals surface area (Å²) < 4.78 is 2.38. The highest BCUT2D eigenvalue weighted by molar-refractivity contribution is 6.79. The monoisotopic (exact) mass is 273 g/mol. The van der Waals surface area contributed by atoms with Crippen molar-refractivity contribution in [3.05, 3.63) is 36.0 Å². The zero-order valence-corrected chi connectivity index (χ0v) is 13.9. The second-order valence-electron chi connectivity index (χ2n) is 5.81. The number of nitrogens with zero attached hydrogens (tertiary/aromatic N) is 1. The van der Waals surface area contributed by atoms with Gasteiger partial charge in [0.2, 0.25) is 0 Å². The molecule has 0 amide bonds. The first kappa shape index (κ1) is 14.4. The van der Waals surface area contributed by atoms with Crippen molar-refractivity contribution in [1.82, 2.24) is 4.57 Å².